The molecular weight excluding hydrogens is 386 g/mol. The molecule has 0 aliphatic rings. The van der Waals surface area contributed by atoms with Crippen LogP contribution in [0.25, 0.3) is 11.0 Å². The van der Waals surface area contributed by atoms with Gasteiger partial charge in [-0.1, -0.05) is 42.1 Å². The van der Waals surface area contributed by atoms with Crippen molar-refractivity contribution in [1.29, 1.82) is 0 Å². The molecule has 0 unspecified atom stereocenters. The minimum Gasteiger partial charge on any atom is -0.497 e. The normalized spacial score (nSPS) is 11.1. The average molecular weight is 407 g/mol. The van der Waals surface area contributed by atoms with Gasteiger partial charge in [0, 0.05) is 36.2 Å². The first-order valence-corrected chi connectivity index (χ1v) is 10.4. The lowest BCUT2D eigenvalue weighted by atomic mass is 10.1. The molecule has 0 atom stereocenters. The summed E-state index contributed by atoms with van der Waals surface area (Å²) in [4.78, 5) is 12.0. The SMILES string of the molecule is CCn1c(Cc2ccccc2)nnc1SCc1cc(=O)oc2cc(OC)ccc12. The van der Waals surface area contributed by atoms with Gasteiger partial charge in [0.05, 0.1) is 7.11 Å². The summed E-state index contributed by atoms with van der Waals surface area (Å²) in [6.07, 6.45) is 0.736. The first-order chi connectivity index (χ1) is 14.2. The number of nitrogens with zero attached hydrogens (tertiary/aromatic N) is 3. The number of benzene rings is 2. The number of methoxy groups -OCH3 is 1. The van der Waals surface area contributed by atoms with Crippen LogP contribution in [0.5, 0.6) is 5.75 Å². The van der Waals surface area contributed by atoms with Crippen molar-refractivity contribution in [3.8, 4) is 5.75 Å². The van der Waals surface area contributed by atoms with Crippen LogP contribution in [0.3, 0.4) is 0 Å². The van der Waals surface area contributed by atoms with E-state index in [-0.39, 0.29) is 5.63 Å². The maximum absolute atomic E-state index is 12.0. The molecule has 0 amide bonds. The quantitative estimate of drug-likeness (QED) is 0.336. The second kappa shape index (κ2) is 8.53. The lowest BCUT2D eigenvalue weighted by molar-refractivity contribution is 0.414. The third kappa shape index (κ3) is 4.19. The Kier molecular flexibility index (Phi) is 5.67. The molecule has 0 aliphatic heterocycles. The highest BCUT2D eigenvalue weighted by molar-refractivity contribution is 7.98. The molecular formula is C22H21N3O3S. The molecule has 0 aliphatic carbocycles. The number of thioether (sulfide) groups is 1. The van der Waals surface area contributed by atoms with E-state index in [0.717, 1.165) is 34.9 Å². The van der Waals surface area contributed by atoms with E-state index in [0.29, 0.717) is 17.1 Å². The van der Waals surface area contributed by atoms with Gasteiger partial charge in [-0.2, -0.15) is 0 Å². The van der Waals surface area contributed by atoms with Crippen LogP contribution < -0.4 is 10.4 Å². The molecule has 0 fully saturated rings. The largest absolute Gasteiger partial charge is 0.497 e. The maximum atomic E-state index is 12.0. The predicted octanol–water partition coefficient (Wildman–Crippen LogP) is 4.30. The van der Waals surface area contributed by atoms with E-state index < -0.39 is 0 Å². The zero-order valence-corrected chi connectivity index (χ0v) is 17.1. The van der Waals surface area contributed by atoms with Gasteiger partial charge in [0.15, 0.2) is 5.16 Å². The molecule has 4 rings (SSSR count). The lowest BCUT2D eigenvalue weighted by Crippen LogP contribution is -2.04. The van der Waals surface area contributed by atoms with Gasteiger partial charge in [0.1, 0.15) is 17.2 Å². The number of hydrogen-bond donors (Lipinski definition) is 0. The van der Waals surface area contributed by atoms with E-state index in [4.69, 9.17) is 9.15 Å². The topological polar surface area (TPSA) is 70.2 Å². The summed E-state index contributed by atoms with van der Waals surface area (Å²) in [5.41, 5.74) is 2.25. The number of hydrogen-bond acceptors (Lipinski definition) is 6. The van der Waals surface area contributed by atoms with Crippen LogP contribution in [0.1, 0.15) is 23.9 Å². The van der Waals surface area contributed by atoms with Crippen LogP contribution in [0, 0.1) is 0 Å². The monoisotopic (exact) mass is 407 g/mol. The van der Waals surface area contributed by atoms with Crippen LogP contribution >= 0.6 is 11.8 Å². The fraction of sp³-hybridized carbons (Fsp3) is 0.227. The fourth-order valence-corrected chi connectivity index (χ4v) is 4.26. The molecule has 7 heteroatoms. The van der Waals surface area contributed by atoms with Crippen LogP contribution in [0.15, 0.2) is 69.0 Å². The van der Waals surface area contributed by atoms with Crippen molar-refractivity contribution in [3.05, 3.63) is 82.0 Å². The average Bonchev–Trinajstić information content (AvgIpc) is 3.13. The van der Waals surface area contributed by atoms with Gasteiger partial charge in [-0.3, -0.25) is 0 Å². The number of rotatable bonds is 7. The van der Waals surface area contributed by atoms with Crippen molar-refractivity contribution in [2.75, 3.05) is 7.11 Å². The van der Waals surface area contributed by atoms with Crippen LogP contribution in [0.4, 0.5) is 0 Å². The minimum atomic E-state index is -0.372. The predicted molar refractivity (Wildman–Crippen MR) is 114 cm³/mol. The molecule has 6 nitrogen and oxygen atoms in total. The smallest absolute Gasteiger partial charge is 0.336 e. The molecule has 148 valence electrons. The lowest BCUT2D eigenvalue weighted by Gasteiger charge is -2.09. The number of ether oxygens (including phenoxy) is 1. The summed E-state index contributed by atoms with van der Waals surface area (Å²) in [6.45, 7) is 2.87. The second-order valence-electron chi connectivity index (χ2n) is 6.55. The van der Waals surface area contributed by atoms with E-state index in [9.17, 15) is 4.79 Å². The van der Waals surface area contributed by atoms with Crippen LogP contribution in [-0.4, -0.2) is 21.9 Å². The highest BCUT2D eigenvalue weighted by Gasteiger charge is 2.14. The fourth-order valence-electron chi connectivity index (χ4n) is 3.25. The Labute approximate surface area is 172 Å². The Morgan fingerprint density at radius 3 is 2.69 bits per heavy atom. The molecule has 0 saturated carbocycles. The van der Waals surface area contributed by atoms with Gasteiger partial charge in [-0.05, 0) is 30.2 Å². The van der Waals surface area contributed by atoms with E-state index in [1.165, 1.54) is 5.56 Å². The standard InChI is InChI=1S/C22H21N3O3S/c1-3-25-20(11-15-7-5-4-6-8-15)23-24-22(25)29-14-16-12-21(26)28-19-13-17(27-2)9-10-18(16)19/h4-10,12-13H,3,11,14H2,1-2H3. The third-order valence-electron chi connectivity index (χ3n) is 4.71. The zero-order valence-electron chi connectivity index (χ0n) is 16.3. The highest BCUT2D eigenvalue weighted by atomic mass is 32.2. The van der Waals surface area contributed by atoms with Gasteiger partial charge >= 0.3 is 5.63 Å². The van der Waals surface area contributed by atoms with E-state index in [1.807, 2.05) is 30.3 Å². The number of aromatic nitrogens is 3. The van der Waals surface area contributed by atoms with Crippen LogP contribution in [-0.2, 0) is 18.7 Å². The highest BCUT2D eigenvalue weighted by Crippen LogP contribution is 2.28. The molecule has 0 radical (unpaired) electrons. The van der Waals surface area contributed by atoms with Crippen molar-refractivity contribution in [2.24, 2.45) is 0 Å². The summed E-state index contributed by atoms with van der Waals surface area (Å²) in [5, 5.41) is 10.5. The summed E-state index contributed by atoms with van der Waals surface area (Å²) < 4.78 is 12.7. The van der Waals surface area contributed by atoms with Crippen LogP contribution in [0.2, 0.25) is 0 Å². The molecule has 0 N–H and O–H groups in total. The Morgan fingerprint density at radius 1 is 1.10 bits per heavy atom. The molecule has 0 bridgehead atoms. The van der Waals surface area contributed by atoms with Gasteiger partial charge in [-0.15, -0.1) is 10.2 Å². The summed E-state index contributed by atoms with van der Waals surface area (Å²) in [5.74, 6) is 2.18. The van der Waals surface area contributed by atoms with Crippen molar-refractivity contribution in [3.63, 3.8) is 0 Å². The van der Waals surface area contributed by atoms with Crippen molar-refractivity contribution in [1.82, 2.24) is 14.8 Å². The molecule has 4 aromatic rings. The van der Waals surface area contributed by atoms with E-state index >= 15 is 0 Å². The van der Waals surface area contributed by atoms with E-state index in [1.54, 1.807) is 31.0 Å². The molecule has 0 spiro atoms. The summed E-state index contributed by atoms with van der Waals surface area (Å²) >= 11 is 1.57. The Hall–Kier alpha value is -3.06. The molecule has 2 aromatic carbocycles. The Morgan fingerprint density at radius 2 is 1.93 bits per heavy atom. The molecule has 29 heavy (non-hydrogen) atoms. The van der Waals surface area contributed by atoms with Crippen molar-refractivity contribution < 1.29 is 9.15 Å². The summed E-state index contributed by atoms with van der Waals surface area (Å²) in [6, 6.07) is 17.3. The van der Waals surface area contributed by atoms with Crippen molar-refractivity contribution in [2.45, 2.75) is 30.8 Å². The third-order valence-corrected chi connectivity index (χ3v) is 5.72. The zero-order chi connectivity index (χ0) is 20.2. The van der Waals surface area contributed by atoms with Gasteiger partial charge < -0.3 is 13.7 Å². The maximum Gasteiger partial charge on any atom is 0.336 e. The molecule has 2 heterocycles. The molecule has 0 saturated heterocycles. The first-order valence-electron chi connectivity index (χ1n) is 9.37. The Bertz CT molecular complexity index is 1190. The van der Waals surface area contributed by atoms with Crippen molar-refractivity contribution >= 4 is 22.7 Å². The number of fused-ring (bicyclic) bond motifs is 1. The minimum absolute atomic E-state index is 0.372. The van der Waals surface area contributed by atoms with Gasteiger partial charge in [-0.25, -0.2) is 4.79 Å². The van der Waals surface area contributed by atoms with Gasteiger partial charge in [0.2, 0.25) is 0 Å². The first kappa shape index (κ1) is 19.3. The Balaban J connectivity index is 1.59. The molecule has 2 aromatic heterocycles. The van der Waals surface area contributed by atoms with Gasteiger partial charge in [0.25, 0.3) is 0 Å². The second-order valence-corrected chi connectivity index (χ2v) is 7.49. The van der Waals surface area contributed by atoms with E-state index in [2.05, 4.69) is 33.8 Å². The summed E-state index contributed by atoms with van der Waals surface area (Å²) in [7, 11) is 1.59.